The van der Waals surface area contributed by atoms with Crippen LogP contribution in [0.1, 0.15) is 31.4 Å². The molecule has 3 heteroatoms. The zero-order valence-electron chi connectivity index (χ0n) is 12.3. The van der Waals surface area contributed by atoms with Crippen LogP contribution in [0.4, 0.5) is 0 Å². The van der Waals surface area contributed by atoms with E-state index in [1.54, 1.807) is 7.11 Å². The van der Waals surface area contributed by atoms with Crippen LogP contribution in [0.15, 0.2) is 18.2 Å². The highest BCUT2D eigenvalue weighted by Gasteiger charge is 2.33. The number of ether oxygens (including phenoxy) is 1. The minimum absolute atomic E-state index is 0.209. The van der Waals surface area contributed by atoms with Crippen molar-refractivity contribution in [2.24, 2.45) is 5.41 Å². The number of rotatable bonds is 3. The van der Waals surface area contributed by atoms with E-state index in [1.807, 2.05) is 19.9 Å². The maximum Gasteiger partial charge on any atom is 0.141 e. The van der Waals surface area contributed by atoms with Crippen LogP contribution in [-0.2, 0) is 11.3 Å². The average molecular weight is 261 g/mol. The lowest BCUT2D eigenvalue weighted by atomic mass is 9.82. The second-order valence-electron chi connectivity index (χ2n) is 6.07. The van der Waals surface area contributed by atoms with Gasteiger partial charge in [-0.05, 0) is 24.1 Å². The summed E-state index contributed by atoms with van der Waals surface area (Å²) in [5.74, 6) is 1.31. The molecule has 1 fully saturated rings. The van der Waals surface area contributed by atoms with E-state index >= 15 is 0 Å². The summed E-state index contributed by atoms with van der Waals surface area (Å²) in [5.41, 5.74) is 2.23. The molecule has 0 atom stereocenters. The van der Waals surface area contributed by atoms with Crippen LogP contribution in [0.5, 0.6) is 5.75 Å². The third kappa shape index (κ3) is 3.16. The molecule has 1 heterocycles. The number of piperidine rings is 1. The zero-order valence-corrected chi connectivity index (χ0v) is 12.3. The van der Waals surface area contributed by atoms with Crippen molar-refractivity contribution in [2.75, 3.05) is 20.2 Å². The van der Waals surface area contributed by atoms with Gasteiger partial charge in [0.25, 0.3) is 0 Å². The van der Waals surface area contributed by atoms with Gasteiger partial charge in [0.05, 0.1) is 7.11 Å². The topological polar surface area (TPSA) is 29.5 Å². The highest BCUT2D eigenvalue weighted by molar-refractivity contribution is 5.85. The fourth-order valence-electron chi connectivity index (χ4n) is 2.76. The summed E-state index contributed by atoms with van der Waals surface area (Å²) in [6.07, 6.45) is 0.669. The molecule has 0 amide bonds. The van der Waals surface area contributed by atoms with Crippen molar-refractivity contribution >= 4 is 5.78 Å². The number of methoxy groups -OCH3 is 1. The summed E-state index contributed by atoms with van der Waals surface area (Å²) >= 11 is 0. The Bertz CT molecular complexity index is 480. The molecule has 0 radical (unpaired) electrons. The number of ketones is 1. The molecule has 0 spiro atoms. The van der Waals surface area contributed by atoms with Crippen LogP contribution in [0.2, 0.25) is 0 Å². The predicted molar refractivity (Wildman–Crippen MR) is 76.4 cm³/mol. The monoisotopic (exact) mass is 261 g/mol. The maximum atomic E-state index is 11.8. The Morgan fingerprint density at radius 3 is 2.68 bits per heavy atom. The third-order valence-electron chi connectivity index (χ3n) is 3.89. The van der Waals surface area contributed by atoms with Crippen molar-refractivity contribution in [3.8, 4) is 5.75 Å². The van der Waals surface area contributed by atoms with Crippen LogP contribution < -0.4 is 4.74 Å². The molecule has 0 aromatic heterocycles. The van der Waals surface area contributed by atoms with Crippen LogP contribution >= 0.6 is 0 Å². The minimum Gasteiger partial charge on any atom is -0.496 e. The second kappa shape index (κ2) is 5.33. The van der Waals surface area contributed by atoms with Crippen molar-refractivity contribution < 1.29 is 9.53 Å². The number of likely N-dealkylation sites (tertiary alicyclic amines) is 1. The smallest absolute Gasteiger partial charge is 0.141 e. The van der Waals surface area contributed by atoms with Gasteiger partial charge in [0.1, 0.15) is 11.5 Å². The Morgan fingerprint density at radius 2 is 2.11 bits per heavy atom. The number of carbonyl (C=O) groups excluding carboxylic acids is 1. The third-order valence-corrected chi connectivity index (χ3v) is 3.89. The Labute approximate surface area is 115 Å². The van der Waals surface area contributed by atoms with E-state index in [1.165, 1.54) is 5.56 Å². The minimum atomic E-state index is -0.209. The largest absolute Gasteiger partial charge is 0.496 e. The molecule has 19 heavy (non-hydrogen) atoms. The van der Waals surface area contributed by atoms with Gasteiger partial charge in [-0.15, -0.1) is 0 Å². The molecule has 1 saturated heterocycles. The lowest BCUT2D eigenvalue weighted by molar-refractivity contribution is -0.131. The van der Waals surface area contributed by atoms with Gasteiger partial charge in [-0.2, -0.15) is 0 Å². The zero-order chi connectivity index (χ0) is 14.0. The van der Waals surface area contributed by atoms with E-state index in [2.05, 4.69) is 24.0 Å². The maximum absolute atomic E-state index is 11.8. The molecule has 1 aromatic carbocycles. The summed E-state index contributed by atoms with van der Waals surface area (Å²) in [5, 5.41) is 0. The highest BCUT2D eigenvalue weighted by Crippen LogP contribution is 2.27. The van der Waals surface area contributed by atoms with Gasteiger partial charge in [-0.3, -0.25) is 9.69 Å². The van der Waals surface area contributed by atoms with Crippen molar-refractivity contribution in [3.05, 3.63) is 29.3 Å². The molecule has 3 nitrogen and oxygen atoms in total. The quantitative estimate of drug-likeness (QED) is 0.838. The average Bonchev–Trinajstić information content (AvgIpc) is 2.34. The van der Waals surface area contributed by atoms with E-state index in [0.29, 0.717) is 12.2 Å². The lowest BCUT2D eigenvalue weighted by Crippen LogP contribution is -2.45. The van der Waals surface area contributed by atoms with Gasteiger partial charge in [-0.1, -0.05) is 26.0 Å². The number of Topliss-reactive ketones (excluding diaryl/α,β-unsaturated/α-hetero) is 1. The Kier molecular flexibility index (Phi) is 3.95. The number of aryl methyl sites for hydroxylation is 1. The first-order chi connectivity index (χ1) is 8.92. The number of carbonyl (C=O) groups is 1. The first kappa shape index (κ1) is 14.1. The van der Waals surface area contributed by atoms with Gasteiger partial charge in [-0.25, -0.2) is 0 Å². The SMILES string of the molecule is COc1ccc(CN2CCC(=O)C(C)(C)C2)cc1C. The van der Waals surface area contributed by atoms with E-state index in [-0.39, 0.29) is 5.41 Å². The normalized spacial score (nSPS) is 19.5. The molecule has 1 aromatic rings. The van der Waals surface area contributed by atoms with E-state index in [4.69, 9.17) is 4.74 Å². The summed E-state index contributed by atoms with van der Waals surface area (Å²) in [6.45, 7) is 8.76. The molecule has 1 aliphatic heterocycles. The Hall–Kier alpha value is -1.35. The number of benzene rings is 1. The Morgan fingerprint density at radius 1 is 1.37 bits per heavy atom. The summed E-state index contributed by atoms with van der Waals surface area (Å²) < 4.78 is 5.28. The number of hydrogen-bond donors (Lipinski definition) is 0. The first-order valence-electron chi connectivity index (χ1n) is 6.81. The van der Waals surface area contributed by atoms with Crippen LogP contribution in [0, 0.1) is 12.3 Å². The second-order valence-corrected chi connectivity index (χ2v) is 6.07. The molecule has 0 aliphatic carbocycles. The van der Waals surface area contributed by atoms with Crippen molar-refractivity contribution in [3.63, 3.8) is 0 Å². The fraction of sp³-hybridized carbons (Fsp3) is 0.562. The van der Waals surface area contributed by atoms with Crippen LogP contribution in [-0.4, -0.2) is 30.9 Å². The molecule has 0 saturated carbocycles. The van der Waals surface area contributed by atoms with Crippen LogP contribution in [0.3, 0.4) is 0 Å². The molecule has 1 aliphatic rings. The van der Waals surface area contributed by atoms with Crippen molar-refractivity contribution in [1.82, 2.24) is 4.90 Å². The van der Waals surface area contributed by atoms with Crippen molar-refractivity contribution in [2.45, 2.75) is 33.7 Å². The lowest BCUT2D eigenvalue weighted by Gasteiger charge is -2.36. The van der Waals surface area contributed by atoms with Crippen LogP contribution in [0.25, 0.3) is 0 Å². The summed E-state index contributed by atoms with van der Waals surface area (Å²) in [6, 6.07) is 6.29. The summed E-state index contributed by atoms with van der Waals surface area (Å²) in [4.78, 5) is 14.2. The molecular formula is C16H23NO2. The van der Waals surface area contributed by atoms with Gasteiger partial charge in [0.2, 0.25) is 0 Å². The van der Waals surface area contributed by atoms with Gasteiger partial charge < -0.3 is 4.74 Å². The van der Waals surface area contributed by atoms with E-state index in [0.717, 1.165) is 30.9 Å². The number of hydrogen-bond acceptors (Lipinski definition) is 3. The molecule has 0 bridgehead atoms. The van der Waals surface area contributed by atoms with Crippen molar-refractivity contribution in [1.29, 1.82) is 0 Å². The predicted octanol–water partition coefficient (Wildman–Crippen LogP) is 2.80. The van der Waals surface area contributed by atoms with E-state index in [9.17, 15) is 4.79 Å². The molecule has 0 N–H and O–H groups in total. The van der Waals surface area contributed by atoms with E-state index < -0.39 is 0 Å². The highest BCUT2D eigenvalue weighted by atomic mass is 16.5. The fourth-order valence-corrected chi connectivity index (χ4v) is 2.76. The van der Waals surface area contributed by atoms with Gasteiger partial charge in [0.15, 0.2) is 0 Å². The standard InChI is InChI=1S/C16H23NO2/c1-12-9-13(5-6-14(12)19-4)10-17-8-7-15(18)16(2,3)11-17/h5-6,9H,7-8,10-11H2,1-4H3. The van der Waals surface area contributed by atoms with Gasteiger partial charge in [0, 0.05) is 31.5 Å². The van der Waals surface area contributed by atoms with Gasteiger partial charge >= 0.3 is 0 Å². The molecule has 2 rings (SSSR count). The molecule has 104 valence electrons. The Balaban J connectivity index is 2.06. The summed E-state index contributed by atoms with van der Waals surface area (Å²) in [7, 11) is 1.70. The first-order valence-corrected chi connectivity index (χ1v) is 6.81. The number of nitrogens with zero attached hydrogens (tertiary/aromatic N) is 1. The molecular weight excluding hydrogens is 238 g/mol. The molecule has 0 unspecified atom stereocenters.